The first kappa shape index (κ1) is 19.2. The van der Waals surface area contributed by atoms with Gasteiger partial charge < -0.3 is 14.9 Å². The Bertz CT molecular complexity index is 554. The third kappa shape index (κ3) is 2.97. The first-order valence-electron chi connectivity index (χ1n) is 10.5. The summed E-state index contributed by atoms with van der Waals surface area (Å²) in [6.45, 7) is 4.26. The molecule has 0 aromatic heterocycles. The normalized spacial score (nSPS) is 53.3. The average Bonchev–Trinajstić information content (AvgIpc) is 2.92. The zero-order valence-electron chi connectivity index (χ0n) is 15.9. The Labute approximate surface area is 165 Å². The van der Waals surface area contributed by atoms with Crippen molar-refractivity contribution in [2.75, 3.05) is 0 Å². The van der Waals surface area contributed by atoms with Crippen LogP contribution in [0, 0.1) is 35.0 Å². The number of hydrogen-bond acceptors (Lipinski definition) is 4. The summed E-state index contributed by atoms with van der Waals surface area (Å²) in [5, 5.41) is 21.2. The number of aliphatic hydroxyl groups is 2. The molecule has 4 rings (SSSR count). The van der Waals surface area contributed by atoms with Crippen LogP contribution in [0.5, 0.6) is 0 Å². The Morgan fingerprint density at radius 1 is 1.15 bits per heavy atom. The number of rotatable bonds is 2. The lowest BCUT2D eigenvalue weighted by Crippen LogP contribution is -2.57. The lowest BCUT2D eigenvalue weighted by atomic mass is 9.46. The molecule has 0 saturated heterocycles. The second-order valence-electron chi connectivity index (χ2n) is 9.58. The van der Waals surface area contributed by atoms with Crippen LogP contribution in [-0.4, -0.2) is 39.3 Å². The fourth-order valence-corrected chi connectivity index (χ4v) is 8.11. The lowest BCUT2D eigenvalue weighted by molar-refractivity contribution is -0.167. The van der Waals surface area contributed by atoms with Crippen molar-refractivity contribution in [1.82, 2.24) is 0 Å². The molecule has 0 aromatic rings. The van der Waals surface area contributed by atoms with Gasteiger partial charge >= 0.3 is 5.97 Å². The van der Waals surface area contributed by atoms with Gasteiger partial charge in [-0.15, -0.1) is 0 Å². The van der Waals surface area contributed by atoms with Crippen LogP contribution in [-0.2, 0) is 9.53 Å². The third-order valence-corrected chi connectivity index (χ3v) is 9.37. The summed E-state index contributed by atoms with van der Waals surface area (Å²) < 4.78 is 5.80. The number of carbonyl (C=O) groups is 1. The molecule has 10 atom stereocenters. The Morgan fingerprint density at radius 2 is 1.92 bits per heavy atom. The molecule has 4 aliphatic rings. The number of ether oxygens (including phenoxy) is 1. The van der Waals surface area contributed by atoms with Gasteiger partial charge in [-0.25, -0.2) is 0 Å². The molecule has 4 aliphatic carbocycles. The van der Waals surface area contributed by atoms with E-state index >= 15 is 0 Å². The summed E-state index contributed by atoms with van der Waals surface area (Å²) in [5.74, 6) is 1.99. The molecular weight excluding hydrogens is 396 g/mol. The second-order valence-corrected chi connectivity index (χ2v) is 10.8. The molecule has 5 unspecified atom stereocenters. The van der Waals surface area contributed by atoms with Crippen LogP contribution in [0.2, 0.25) is 0 Å². The Hall–Kier alpha value is -0.130. The monoisotopic (exact) mass is 428 g/mol. The van der Waals surface area contributed by atoms with E-state index in [1.54, 1.807) is 0 Å². The average molecular weight is 429 g/mol. The van der Waals surface area contributed by atoms with Crippen molar-refractivity contribution in [3.05, 3.63) is 0 Å². The highest BCUT2D eigenvalue weighted by molar-refractivity contribution is 9.09. The molecule has 0 aliphatic heterocycles. The molecule has 4 nitrogen and oxygen atoms in total. The first-order valence-corrected chi connectivity index (χ1v) is 11.5. The number of halogens is 1. The minimum atomic E-state index is -0.281. The Morgan fingerprint density at radius 3 is 2.65 bits per heavy atom. The van der Waals surface area contributed by atoms with E-state index in [2.05, 4.69) is 22.9 Å². The summed E-state index contributed by atoms with van der Waals surface area (Å²) in [6, 6.07) is 0. The number of hydrogen-bond donors (Lipinski definition) is 2. The van der Waals surface area contributed by atoms with E-state index in [9.17, 15) is 15.0 Å². The van der Waals surface area contributed by atoms with Crippen molar-refractivity contribution in [2.45, 2.75) is 88.4 Å². The van der Waals surface area contributed by atoms with Gasteiger partial charge in [-0.05, 0) is 74.0 Å². The van der Waals surface area contributed by atoms with Crippen LogP contribution >= 0.6 is 15.9 Å². The van der Waals surface area contributed by atoms with Gasteiger partial charge in [-0.1, -0.05) is 29.8 Å². The Kier molecular flexibility index (Phi) is 5.20. The summed E-state index contributed by atoms with van der Waals surface area (Å²) in [5.41, 5.74) is 0.244. The van der Waals surface area contributed by atoms with Crippen molar-refractivity contribution < 1.29 is 19.7 Å². The second kappa shape index (κ2) is 7.04. The maximum absolute atomic E-state index is 11.9. The van der Waals surface area contributed by atoms with Crippen molar-refractivity contribution in [1.29, 1.82) is 0 Å². The zero-order chi connectivity index (χ0) is 18.6. The van der Waals surface area contributed by atoms with E-state index < -0.39 is 0 Å². The molecule has 0 spiro atoms. The molecule has 0 heterocycles. The molecule has 0 bridgehead atoms. The molecule has 0 amide bonds. The van der Waals surface area contributed by atoms with E-state index in [0.29, 0.717) is 36.0 Å². The quantitative estimate of drug-likeness (QED) is 0.519. The maximum atomic E-state index is 11.9. The van der Waals surface area contributed by atoms with Gasteiger partial charge in [0.05, 0.1) is 17.0 Å². The van der Waals surface area contributed by atoms with E-state index in [4.69, 9.17) is 4.74 Å². The highest BCUT2D eigenvalue weighted by atomic mass is 79.9. The van der Waals surface area contributed by atoms with Crippen LogP contribution in [0.15, 0.2) is 0 Å². The van der Waals surface area contributed by atoms with Crippen LogP contribution in [0.4, 0.5) is 0 Å². The molecule has 26 heavy (non-hydrogen) atoms. The Balaban J connectivity index is 1.57. The van der Waals surface area contributed by atoms with Gasteiger partial charge in [0.25, 0.3) is 0 Å². The third-order valence-electron chi connectivity index (χ3n) is 8.47. The van der Waals surface area contributed by atoms with Crippen molar-refractivity contribution >= 4 is 21.9 Å². The van der Waals surface area contributed by atoms with Gasteiger partial charge in [0.2, 0.25) is 0 Å². The predicted molar refractivity (Wildman–Crippen MR) is 103 cm³/mol. The summed E-state index contributed by atoms with van der Waals surface area (Å²) in [4.78, 5) is 12.1. The summed E-state index contributed by atoms with van der Waals surface area (Å²) in [7, 11) is 0. The van der Waals surface area contributed by atoms with Crippen LogP contribution in [0.3, 0.4) is 0 Å². The van der Waals surface area contributed by atoms with Crippen molar-refractivity contribution in [3.63, 3.8) is 0 Å². The maximum Gasteiger partial charge on any atom is 0.305 e. The molecule has 148 valence electrons. The highest BCUT2D eigenvalue weighted by Crippen LogP contribution is 2.63. The van der Waals surface area contributed by atoms with Gasteiger partial charge in [0.1, 0.15) is 6.10 Å². The van der Waals surface area contributed by atoms with Crippen LogP contribution in [0.25, 0.3) is 0 Å². The van der Waals surface area contributed by atoms with E-state index in [1.165, 1.54) is 0 Å². The fraction of sp³-hybridized carbons (Fsp3) is 0.952. The molecule has 0 aromatic carbocycles. The summed E-state index contributed by atoms with van der Waals surface area (Å²) >= 11 is 3.79. The largest absolute Gasteiger partial charge is 0.461 e. The van der Waals surface area contributed by atoms with Gasteiger partial charge in [-0.2, -0.15) is 0 Å². The number of esters is 1. The minimum Gasteiger partial charge on any atom is -0.461 e. The lowest BCUT2D eigenvalue weighted by Gasteiger charge is -2.60. The van der Waals surface area contributed by atoms with Crippen molar-refractivity contribution in [3.8, 4) is 0 Å². The number of alkyl halides is 1. The molecule has 4 saturated carbocycles. The number of carbonyl (C=O) groups excluding carboxylic acids is 1. The molecular formula is C21H33BrO4. The minimum absolute atomic E-state index is 0.0423. The molecule has 5 heteroatoms. The highest BCUT2D eigenvalue weighted by Gasteiger charge is 2.60. The van der Waals surface area contributed by atoms with Gasteiger partial charge in [0, 0.05) is 12.3 Å². The molecule has 0 radical (unpaired) electrons. The summed E-state index contributed by atoms with van der Waals surface area (Å²) in [6.07, 6.45) is 6.76. The molecule has 2 N–H and O–H groups in total. The number of aliphatic hydroxyl groups excluding tert-OH is 2. The van der Waals surface area contributed by atoms with E-state index in [-0.39, 0.29) is 34.5 Å². The topological polar surface area (TPSA) is 66.8 Å². The number of fused-ring (bicyclic) bond motifs is 5. The van der Waals surface area contributed by atoms with E-state index in [0.717, 1.165) is 44.9 Å². The van der Waals surface area contributed by atoms with Gasteiger partial charge in [-0.3, -0.25) is 4.79 Å². The SMILES string of the molecule is CCC(=O)OC1[C@H]2CCC3C(C2C[C@H]1Br)[C@@H](O)CC1C[C@@H](O)CC[C@@]13C. The van der Waals surface area contributed by atoms with Gasteiger partial charge in [0.15, 0.2) is 0 Å². The van der Waals surface area contributed by atoms with Crippen LogP contribution < -0.4 is 0 Å². The first-order chi connectivity index (χ1) is 12.3. The smallest absolute Gasteiger partial charge is 0.305 e. The standard InChI is InChI=1S/C21H33BrO4/c1-3-18(25)26-20-13-4-5-15-19(14(13)10-16(20)22)17(24)9-11-8-12(23)6-7-21(11,15)2/h11-17,19-20,23-24H,3-10H2,1-2H3/t11?,12-,13-,14?,15?,16+,17-,19?,20?,21-/m0/s1. The van der Waals surface area contributed by atoms with E-state index in [1.807, 2.05) is 6.92 Å². The van der Waals surface area contributed by atoms with Crippen molar-refractivity contribution in [2.24, 2.45) is 35.0 Å². The predicted octanol–water partition coefficient (Wildman–Crippen LogP) is 3.67. The fourth-order valence-electron chi connectivity index (χ4n) is 7.18. The zero-order valence-corrected chi connectivity index (χ0v) is 17.5. The molecule has 4 fully saturated rings. The van der Waals surface area contributed by atoms with Crippen LogP contribution in [0.1, 0.15) is 65.2 Å².